The summed E-state index contributed by atoms with van der Waals surface area (Å²) >= 11 is 1.62. The van der Waals surface area contributed by atoms with Crippen molar-refractivity contribution in [3.8, 4) is 6.07 Å². The maximum Gasteiger partial charge on any atom is 0.248 e. The third-order valence-electron chi connectivity index (χ3n) is 3.41. The molecule has 0 bridgehead atoms. The van der Waals surface area contributed by atoms with Crippen molar-refractivity contribution >= 4 is 23.6 Å². The molecule has 1 amide bonds. The lowest BCUT2D eigenvalue weighted by Gasteiger charge is -2.17. The molecule has 24 heavy (non-hydrogen) atoms. The Morgan fingerprint density at radius 2 is 2.08 bits per heavy atom. The van der Waals surface area contributed by atoms with Gasteiger partial charge in [-0.2, -0.15) is 5.26 Å². The number of aromatic nitrogens is 3. The summed E-state index contributed by atoms with van der Waals surface area (Å²) in [4.78, 5) is 16.5. The molecule has 0 spiro atoms. The Hall–Kier alpha value is -2.33. The van der Waals surface area contributed by atoms with Crippen LogP contribution in [0.1, 0.15) is 31.9 Å². The van der Waals surface area contributed by atoms with Crippen molar-refractivity contribution in [3.05, 3.63) is 41.7 Å². The van der Waals surface area contributed by atoms with Gasteiger partial charge in [-0.15, -0.1) is 16.9 Å². The zero-order valence-electron chi connectivity index (χ0n) is 14.1. The summed E-state index contributed by atoms with van der Waals surface area (Å²) in [7, 11) is 0. The SMILES string of the molecule is CCSC(C(=O)Nc1ncn(Cc2ccc(C#N)cc2)n1)C(C)C. The molecule has 1 aromatic carbocycles. The van der Waals surface area contributed by atoms with Crippen molar-refractivity contribution in [3.63, 3.8) is 0 Å². The summed E-state index contributed by atoms with van der Waals surface area (Å²) in [6.45, 7) is 6.64. The summed E-state index contributed by atoms with van der Waals surface area (Å²) in [6, 6.07) is 9.39. The van der Waals surface area contributed by atoms with Crippen LogP contribution in [0, 0.1) is 17.2 Å². The second kappa shape index (κ2) is 8.50. The standard InChI is InChI=1S/C17H21N5OS/c1-4-24-15(12(2)3)16(23)20-17-19-11-22(21-17)10-14-7-5-13(9-18)6-8-14/h5-8,11-12,15H,4,10H2,1-3H3,(H,20,21,23). The fourth-order valence-corrected chi connectivity index (χ4v) is 3.19. The van der Waals surface area contributed by atoms with Gasteiger partial charge < -0.3 is 0 Å². The van der Waals surface area contributed by atoms with Crippen molar-refractivity contribution in [2.75, 3.05) is 11.1 Å². The molecule has 1 atom stereocenters. The molecule has 1 unspecified atom stereocenters. The van der Waals surface area contributed by atoms with Crippen molar-refractivity contribution in [1.82, 2.24) is 14.8 Å². The van der Waals surface area contributed by atoms with Crippen LogP contribution >= 0.6 is 11.8 Å². The van der Waals surface area contributed by atoms with E-state index in [9.17, 15) is 4.79 Å². The van der Waals surface area contributed by atoms with E-state index in [0.717, 1.165) is 11.3 Å². The summed E-state index contributed by atoms with van der Waals surface area (Å²) in [6.07, 6.45) is 1.59. The lowest BCUT2D eigenvalue weighted by molar-refractivity contribution is -0.116. The Bertz CT molecular complexity index is 717. The summed E-state index contributed by atoms with van der Waals surface area (Å²) in [5.41, 5.74) is 1.64. The molecule has 6 nitrogen and oxygen atoms in total. The van der Waals surface area contributed by atoms with Gasteiger partial charge in [-0.25, -0.2) is 9.67 Å². The van der Waals surface area contributed by atoms with Gasteiger partial charge in [-0.05, 0) is 29.4 Å². The Balaban J connectivity index is 1.99. The largest absolute Gasteiger partial charge is 0.292 e. The summed E-state index contributed by atoms with van der Waals surface area (Å²) < 4.78 is 1.66. The van der Waals surface area contributed by atoms with Crippen LogP contribution in [0.15, 0.2) is 30.6 Å². The van der Waals surface area contributed by atoms with Gasteiger partial charge in [-0.3, -0.25) is 10.1 Å². The first-order valence-electron chi connectivity index (χ1n) is 7.84. The Labute approximate surface area is 146 Å². The number of nitrogens with zero attached hydrogens (tertiary/aromatic N) is 4. The maximum absolute atomic E-state index is 12.3. The molecule has 0 aliphatic rings. The first-order chi connectivity index (χ1) is 11.5. The highest BCUT2D eigenvalue weighted by molar-refractivity contribution is 8.00. The Kier molecular flexibility index (Phi) is 6.38. The molecule has 1 heterocycles. The number of carbonyl (C=O) groups is 1. The first-order valence-corrected chi connectivity index (χ1v) is 8.89. The van der Waals surface area contributed by atoms with Crippen molar-refractivity contribution < 1.29 is 4.79 Å². The van der Waals surface area contributed by atoms with Gasteiger partial charge in [-0.1, -0.05) is 32.9 Å². The predicted octanol–water partition coefficient (Wildman–Crippen LogP) is 2.91. The molecule has 0 fully saturated rings. The average molecular weight is 343 g/mol. The van der Waals surface area contributed by atoms with E-state index in [4.69, 9.17) is 5.26 Å². The molecule has 7 heteroatoms. The zero-order valence-corrected chi connectivity index (χ0v) is 14.9. The number of anilines is 1. The Morgan fingerprint density at radius 1 is 1.38 bits per heavy atom. The number of nitrogens with one attached hydrogen (secondary N) is 1. The monoisotopic (exact) mass is 343 g/mol. The minimum atomic E-state index is -0.111. The lowest BCUT2D eigenvalue weighted by Crippen LogP contribution is -2.30. The van der Waals surface area contributed by atoms with E-state index in [-0.39, 0.29) is 17.1 Å². The van der Waals surface area contributed by atoms with Crippen LogP contribution in [0.2, 0.25) is 0 Å². The average Bonchev–Trinajstić information content (AvgIpc) is 2.99. The molecule has 126 valence electrons. The lowest BCUT2D eigenvalue weighted by atomic mass is 10.1. The normalized spacial score (nSPS) is 12.0. The van der Waals surface area contributed by atoms with Gasteiger partial charge in [0.1, 0.15) is 6.33 Å². The van der Waals surface area contributed by atoms with Crippen LogP contribution < -0.4 is 5.32 Å². The van der Waals surface area contributed by atoms with E-state index >= 15 is 0 Å². The van der Waals surface area contributed by atoms with Crippen LogP contribution in [0.3, 0.4) is 0 Å². The number of hydrogen-bond acceptors (Lipinski definition) is 5. The highest BCUT2D eigenvalue weighted by atomic mass is 32.2. The molecular weight excluding hydrogens is 322 g/mol. The molecule has 0 saturated carbocycles. The first kappa shape index (κ1) is 18.0. The molecule has 0 saturated heterocycles. The predicted molar refractivity (Wildman–Crippen MR) is 95.7 cm³/mol. The van der Waals surface area contributed by atoms with Crippen LogP contribution in [0.4, 0.5) is 5.95 Å². The van der Waals surface area contributed by atoms with Crippen LogP contribution in [-0.2, 0) is 11.3 Å². The number of nitriles is 1. The van der Waals surface area contributed by atoms with Gasteiger partial charge in [0.15, 0.2) is 0 Å². The van der Waals surface area contributed by atoms with Gasteiger partial charge in [0, 0.05) is 0 Å². The van der Waals surface area contributed by atoms with Crippen LogP contribution in [0.5, 0.6) is 0 Å². The fraction of sp³-hybridized carbons (Fsp3) is 0.412. The van der Waals surface area contributed by atoms with E-state index in [0.29, 0.717) is 18.1 Å². The van der Waals surface area contributed by atoms with E-state index in [2.05, 4.69) is 21.5 Å². The van der Waals surface area contributed by atoms with Crippen molar-refractivity contribution in [1.29, 1.82) is 5.26 Å². The summed E-state index contributed by atoms with van der Waals surface area (Å²) in [5, 5.41) is 15.8. The van der Waals surface area contributed by atoms with E-state index in [1.807, 2.05) is 32.9 Å². The molecule has 1 N–H and O–H groups in total. The number of benzene rings is 1. The van der Waals surface area contributed by atoms with E-state index in [1.54, 1.807) is 34.9 Å². The maximum atomic E-state index is 12.3. The highest BCUT2D eigenvalue weighted by Crippen LogP contribution is 2.20. The van der Waals surface area contributed by atoms with Gasteiger partial charge in [0.05, 0.1) is 23.4 Å². The number of carbonyl (C=O) groups excluding carboxylic acids is 1. The molecular formula is C17H21N5OS. The molecule has 0 radical (unpaired) electrons. The zero-order chi connectivity index (χ0) is 17.5. The molecule has 0 aliphatic heterocycles. The van der Waals surface area contributed by atoms with Crippen molar-refractivity contribution in [2.45, 2.75) is 32.6 Å². The molecule has 0 aliphatic carbocycles. The fourth-order valence-electron chi connectivity index (χ4n) is 2.23. The van der Waals surface area contributed by atoms with E-state index < -0.39 is 0 Å². The molecule has 1 aromatic heterocycles. The molecule has 2 aromatic rings. The smallest absolute Gasteiger partial charge is 0.248 e. The minimum Gasteiger partial charge on any atom is -0.292 e. The quantitative estimate of drug-likeness (QED) is 0.835. The summed E-state index contributed by atoms with van der Waals surface area (Å²) in [5.74, 6) is 1.39. The minimum absolute atomic E-state index is 0.0621. The number of rotatable bonds is 7. The van der Waals surface area contributed by atoms with Crippen molar-refractivity contribution in [2.24, 2.45) is 5.92 Å². The highest BCUT2D eigenvalue weighted by Gasteiger charge is 2.23. The third kappa shape index (κ3) is 4.83. The number of hydrogen-bond donors (Lipinski definition) is 1. The van der Waals surface area contributed by atoms with Crippen LogP contribution in [0.25, 0.3) is 0 Å². The van der Waals surface area contributed by atoms with Crippen LogP contribution in [-0.4, -0.2) is 31.7 Å². The second-order valence-electron chi connectivity index (χ2n) is 5.68. The number of thioether (sulfide) groups is 1. The number of amides is 1. The van der Waals surface area contributed by atoms with Gasteiger partial charge in [0.2, 0.25) is 11.9 Å². The van der Waals surface area contributed by atoms with Gasteiger partial charge in [0.25, 0.3) is 0 Å². The molecule has 2 rings (SSSR count). The third-order valence-corrected chi connectivity index (χ3v) is 4.86. The van der Waals surface area contributed by atoms with Gasteiger partial charge >= 0.3 is 0 Å². The Morgan fingerprint density at radius 3 is 2.67 bits per heavy atom. The second-order valence-corrected chi connectivity index (χ2v) is 7.10. The topological polar surface area (TPSA) is 83.6 Å². The van der Waals surface area contributed by atoms with E-state index in [1.165, 1.54) is 0 Å².